The molecule has 0 radical (unpaired) electrons. The highest BCUT2D eigenvalue weighted by Gasteiger charge is 2.13. The molecule has 0 unspecified atom stereocenters. The van der Waals surface area contributed by atoms with Gasteiger partial charge in [0.1, 0.15) is 0 Å². The van der Waals surface area contributed by atoms with Crippen LogP contribution in [0.1, 0.15) is 11.3 Å². The van der Waals surface area contributed by atoms with E-state index >= 15 is 0 Å². The number of ether oxygens (including phenoxy) is 2. The Morgan fingerprint density at radius 3 is 3.00 bits per heavy atom. The van der Waals surface area contributed by atoms with Gasteiger partial charge in [0.15, 0.2) is 11.5 Å². The van der Waals surface area contributed by atoms with Crippen molar-refractivity contribution in [1.29, 1.82) is 0 Å². The molecule has 2 aromatic rings. The highest BCUT2D eigenvalue weighted by Crippen LogP contribution is 2.34. The maximum atomic E-state index is 5.34. The first-order valence-electron chi connectivity index (χ1n) is 5.87. The van der Waals surface area contributed by atoms with Gasteiger partial charge in [0.05, 0.1) is 12.2 Å². The van der Waals surface area contributed by atoms with E-state index < -0.39 is 0 Å². The summed E-state index contributed by atoms with van der Waals surface area (Å²) in [5.41, 5.74) is 3.24. The van der Waals surface area contributed by atoms with Crippen LogP contribution >= 0.6 is 0 Å². The van der Waals surface area contributed by atoms with Gasteiger partial charge in [-0.1, -0.05) is 6.07 Å². The molecule has 0 aliphatic carbocycles. The maximum Gasteiger partial charge on any atom is 0.231 e. The Morgan fingerprint density at radius 2 is 2.11 bits per heavy atom. The van der Waals surface area contributed by atoms with E-state index in [2.05, 4.69) is 23.3 Å². The number of nitrogens with zero attached hydrogens (tertiary/aromatic N) is 1. The molecule has 0 fully saturated rings. The summed E-state index contributed by atoms with van der Waals surface area (Å²) in [4.78, 5) is 4.35. The molecule has 3 rings (SSSR count). The van der Waals surface area contributed by atoms with Crippen LogP contribution in [0.4, 0.5) is 5.69 Å². The number of pyridine rings is 1. The predicted octanol–water partition coefficient (Wildman–Crippen LogP) is 2.73. The number of aromatic nitrogens is 1. The van der Waals surface area contributed by atoms with Crippen LogP contribution < -0.4 is 14.8 Å². The molecule has 92 valence electrons. The molecule has 0 atom stereocenters. The van der Waals surface area contributed by atoms with Gasteiger partial charge in [0.2, 0.25) is 6.79 Å². The fourth-order valence-electron chi connectivity index (χ4n) is 1.90. The first-order valence-corrected chi connectivity index (χ1v) is 5.87. The summed E-state index contributed by atoms with van der Waals surface area (Å²) in [6.07, 6.45) is 1.81. The molecule has 0 bridgehead atoms. The summed E-state index contributed by atoms with van der Waals surface area (Å²) in [5, 5.41) is 3.33. The van der Waals surface area contributed by atoms with Gasteiger partial charge in [-0.15, -0.1) is 0 Å². The van der Waals surface area contributed by atoms with Gasteiger partial charge in [0, 0.05) is 18.0 Å². The Labute approximate surface area is 106 Å². The third kappa shape index (κ3) is 2.09. The minimum Gasteiger partial charge on any atom is -0.454 e. The van der Waals surface area contributed by atoms with Gasteiger partial charge in [-0.05, 0) is 30.7 Å². The number of rotatable bonds is 3. The molecule has 1 aromatic carbocycles. The molecule has 1 N–H and O–H groups in total. The Balaban J connectivity index is 1.72. The van der Waals surface area contributed by atoms with Crippen LogP contribution in [0.25, 0.3) is 0 Å². The second-order valence-electron chi connectivity index (χ2n) is 4.19. The summed E-state index contributed by atoms with van der Waals surface area (Å²) in [7, 11) is 0. The van der Waals surface area contributed by atoms with Crippen LogP contribution in [0, 0.1) is 6.92 Å². The van der Waals surface area contributed by atoms with E-state index in [1.165, 1.54) is 5.56 Å². The van der Waals surface area contributed by atoms with Crippen LogP contribution in [0.3, 0.4) is 0 Å². The van der Waals surface area contributed by atoms with E-state index in [4.69, 9.17) is 9.47 Å². The van der Waals surface area contributed by atoms with Crippen LogP contribution in [-0.2, 0) is 6.54 Å². The van der Waals surface area contributed by atoms with Crippen molar-refractivity contribution in [3.63, 3.8) is 0 Å². The van der Waals surface area contributed by atoms with Crippen molar-refractivity contribution in [2.24, 2.45) is 0 Å². The number of aryl methyl sites for hydroxylation is 1. The quantitative estimate of drug-likeness (QED) is 0.898. The van der Waals surface area contributed by atoms with Crippen molar-refractivity contribution in [2.75, 3.05) is 12.1 Å². The fourth-order valence-corrected chi connectivity index (χ4v) is 1.90. The lowest BCUT2D eigenvalue weighted by molar-refractivity contribution is 0.174. The van der Waals surface area contributed by atoms with Crippen LogP contribution in [0.2, 0.25) is 0 Å². The molecule has 18 heavy (non-hydrogen) atoms. The maximum absolute atomic E-state index is 5.34. The summed E-state index contributed by atoms with van der Waals surface area (Å²) in [5.74, 6) is 1.59. The molecule has 1 aromatic heterocycles. The first-order chi connectivity index (χ1) is 8.83. The number of hydrogen-bond acceptors (Lipinski definition) is 4. The highest BCUT2D eigenvalue weighted by atomic mass is 16.7. The van der Waals surface area contributed by atoms with E-state index in [0.29, 0.717) is 13.3 Å². The molecule has 0 amide bonds. The molecule has 1 aliphatic heterocycles. The van der Waals surface area contributed by atoms with Crippen molar-refractivity contribution < 1.29 is 9.47 Å². The molecule has 0 saturated carbocycles. The SMILES string of the molecule is Cc1cccnc1CNc1ccc2c(c1)OCO2. The minimum atomic E-state index is 0.304. The second kappa shape index (κ2) is 4.56. The number of benzene rings is 1. The molecule has 4 nitrogen and oxygen atoms in total. The average Bonchev–Trinajstić information content (AvgIpc) is 2.85. The molecule has 1 aliphatic rings. The zero-order valence-electron chi connectivity index (χ0n) is 10.1. The highest BCUT2D eigenvalue weighted by molar-refractivity contribution is 5.55. The smallest absolute Gasteiger partial charge is 0.231 e. The largest absolute Gasteiger partial charge is 0.454 e. The lowest BCUT2D eigenvalue weighted by Gasteiger charge is -2.08. The Bertz CT molecular complexity index is 569. The number of fused-ring (bicyclic) bond motifs is 1. The van der Waals surface area contributed by atoms with E-state index in [-0.39, 0.29) is 0 Å². The standard InChI is InChI=1S/C14H14N2O2/c1-10-3-2-6-15-12(10)8-16-11-4-5-13-14(7-11)18-9-17-13/h2-7,16H,8-9H2,1H3. The van der Waals surface area contributed by atoms with Crippen molar-refractivity contribution in [2.45, 2.75) is 13.5 Å². The second-order valence-corrected chi connectivity index (χ2v) is 4.19. The molecule has 0 spiro atoms. The van der Waals surface area contributed by atoms with E-state index in [1.54, 1.807) is 0 Å². The zero-order valence-corrected chi connectivity index (χ0v) is 10.1. The van der Waals surface area contributed by atoms with Crippen molar-refractivity contribution in [3.05, 3.63) is 47.8 Å². The third-order valence-electron chi connectivity index (χ3n) is 2.95. The van der Waals surface area contributed by atoms with E-state index in [9.17, 15) is 0 Å². The molecular formula is C14H14N2O2. The summed E-state index contributed by atoms with van der Waals surface area (Å²) >= 11 is 0. The average molecular weight is 242 g/mol. The molecular weight excluding hydrogens is 228 g/mol. The Morgan fingerprint density at radius 1 is 1.22 bits per heavy atom. The minimum absolute atomic E-state index is 0.304. The Hall–Kier alpha value is -2.23. The van der Waals surface area contributed by atoms with Gasteiger partial charge in [-0.2, -0.15) is 0 Å². The predicted molar refractivity (Wildman–Crippen MR) is 68.9 cm³/mol. The van der Waals surface area contributed by atoms with Crippen molar-refractivity contribution >= 4 is 5.69 Å². The Kier molecular flexibility index (Phi) is 2.76. The zero-order chi connectivity index (χ0) is 12.4. The number of hydrogen-bond donors (Lipinski definition) is 1. The van der Waals surface area contributed by atoms with Gasteiger partial charge < -0.3 is 14.8 Å². The fraction of sp³-hybridized carbons (Fsp3) is 0.214. The summed E-state index contributed by atoms with van der Waals surface area (Å²) in [6.45, 7) is 3.06. The van der Waals surface area contributed by atoms with Gasteiger partial charge >= 0.3 is 0 Å². The molecule has 0 saturated heterocycles. The van der Waals surface area contributed by atoms with E-state index in [1.807, 2.05) is 30.5 Å². The van der Waals surface area contributed by atoms with Gasteiger partial charge in [0.25, 0.3) is 0 Å². The molecule has 2 heterocycles. The summed E-state index contributed by atoms with van der Waals surface area (Å²) < 4.78 is 10.6. The van der Waals surface area contributed by atoms with Crippen LogP contribution in [0.5, 0.6) is 11.5 Å². The van der Waals surface area contributed by atoms with Crippen LogP contribution in [-0.4, -0.2) is 11.8 Å². The molecule has 4 heteroatoms. The van der Waals surface area contributed by atoms with Crippen molar-refractivity contribution in [3.8, 4) is 11.5 Å². The van der Waals surface area contributed by atoms with Crippen LogP contribution in [0.15, 0.2) is 36.5 Å². The topological polar surface area (TPSA) is 43.4 Å². The van der Waals surface area contributed by atoms with Gasteiger partial charge in [-0.25, -0.2) is 0 Å². The van der Waals surface area contributed by atoms with Crippen molar-refractivity contribution in [1.82, 2.24) is 4.98 Å². The number of nitrogens with one attached hydrogen (secondary N) is 1. The lowest BCUT2D eigenvalue weighted by atomic mass is 10.2. The normalized spacial score (nSPS) is 12.5. The third-order valence-corrected chi connectivity index (χ3v) is 2.95. The van der Waals surface area contributed by atoms with E-state index in [0.717, 1.165) is 22.9 Å². The first kappa shape index (κ1) is 10.9. The number of anilines is 1. The lowest BCUT2D eigenvalue weighted by Crippen LogP contribution is -2.03. The summed E-state index contributed by atoms with van der Waals surface area (Å²) in [6, 6.07) is 9.84. The van der Waals surface area contributed by atoms with Gasteiger partial charge in [-0.3, -0.25) is 4.98 Å². The monoisotopic (exact) mass is 242 g/mol.